The predicted octanol–water partition coefficient (Wildman–Crippen LogP) is 6.22. The van der Waals surface area contributed by atoms with Gasteiger partial charge >= 0.3 is 0 Å². The van der Waals surface area contributed by atoms with E-state index in [-0.39, 0.29) is 17.5 Å². The summed E-state index contributed by atoms with van der Waals surface area (Å²) in [6.45, 7) is 10.8. The zero-order chi connectivity index (χ0) is 24.4. The molecule has 1 aliphatic heterocycles. The maximum absolute atomic E-state index is 13.6. The van der Waals surface area contributed by atoms with Crippen molar-refractivity contribution in [1.29, 1.82) is 0 Å². The number of rotatable bonds is 7. The monoisotopic (exact) mass is 454 g/mol. The highest BCUT2D eigenvalue weighted by Gasteiger charge is 2.40. The molecule has 0 aliphatic carbocycles. The fourth-order valence-corrected chi connectivity index (χ4v) is 4.00. The molecule has 0 fully saturated rings. The van der Waals surface area contributed by atoms with Crippen LogP contribution < -0.4 is 15.0 Å². The van der Waals surface area contributed by atoms with Gasteiger partial charge in [-0.2, -0.15) is 0 Å². The van der Waals surface area contributed by atoms with Gasteiger partial charge in [-0.1, -0.05) is 44.2 Å². The van der Waals surface area contributed by atoms with Gasteiger partial charge < -0.3 is 10.1 Å². The number of amides is 2. The minimum atomic E-state index is -0.379. The molecule has 0 radical (unpaired) electrons. The largest absolute Gasteiger partial charge is 0.494 e. The van der Waals surface area contributed by atoms with Gasteiger partial charge in [-0.3, -0.25) is 9.59 Å². The van der Waals surface area contributed by atoms with Gasteiger partial charge in [0.25, 0.3) is 11.8 Å². The van der Waals surface area contributed by atoms with Crippen molar-refractivity contribution in [2.24, 2.45) is 0 Å². The molecule has 0 spiro atoms. The lowest BCUT2D eigenvalue weighted by Crippen LogP contribution is -2.32. The Morgan fingerprint density at radius 2 is 1.53 bits per heavy atom. The average molecular weight is 455 g/mol. The molecular formula is C29H30N2O3. The molecule has 0 bridgehead atoms. The molecular weight excluding hydrogens is 424 g/mol. The summed E-state index contributed by atoms with van der Waals surface area (Å²) < 4.78 is 5.51. The standard InChI is InChI=1S/C29H30N2O3/c1-6-34-25-15-13-24(14-16-25)31-28(32)26(22-8-7-19(4)20(5)17-22)27(29(31)33)30-23-11-9-21(10-12-23)18(2)3/h7-18,30H,6H2,1-5H3. The first kappa shape index (κ1) is 23.3. The molecule has 1 N–H and O–H groups in total. The van der Waals surface area contributed by atoms with Crippen molar-refractivity contribution in [3.8, 4) is 5.75 Å². The number of carbonyl (C=O) groups is 2. The normalized spacial score (nSPS) is 13.8. The molecule has 5 nitrogen and oxygen atoms in total. The van der Waals surface area contributed by atoms with E-state index < -0.39 is 0 Å². The fourth-order valence-electron chi connectivity index (χ4n) is 4.00. The Morgan fingerprint density at radius 3 is 2.12 bits per heavy atom. The van der Waals surface area contributed by atoms with Crippen LogP contribution in [-0.2, 0) is 9.59 Å². The Hall–Kier alpha value is -3.86. The van der Waals surface area contributed by atoms with Gasteiger partial charge in [-0.25, -0.2) is 4.90 Å². The summed E-state index contributed by atoms with van der Waals surface area (Å²) >= 11 is 0. The van der Waals surface area contributed by atoms with E-state index in [0.717, 1.165) is 22.4 Å². The lowest BCUT2D eigenvalue weighted by atomic mass is 9.99. The topological polar surface area (TPSA) is 58.6 Å². The lowest BCUT2D eigenvalue weighted by Gasteiger charge is -2.16. The van der Waals surface area contributed by atoms with Crippen molar-refractivity contribution in [3.05, 3.63) is 94.7 Å². The lowest BCUT2D eigenvalue weighted by molar-refractivity contribution is -0.120. The van der Waals surface area contributed by atoms with Crippen molar-refractivity contribution in [2.45, 2.75) is 40.5 Å². The summed E-state index contributed by atoms with van der Waals surface area (Å²) in [5, 5.41) is 3.24. The number of carbonyl (C=O) groups excluding carboxylic acids is 2. The first-order valence-corrected chi connectivity index (χ1v) is 11.6. The average Bonchev–Trinajstić information content (AvgIpc) is 3.06. The van der Waals surface area contributed by atoms with E-state index in [0.29, 0.717) is 29.5 Å². The highest BCUT2D eigenvalue weighted by molar-refractivity contribution is 6.46. The third kappa shape index (κ3) is 4.46. The Kier molecular flexibility index (Phi) is 6.55. The van der Waals surface area contributed by atoms with Crippen LogP contribution in [0.2, 0.25) is 0 Å². The number of ether oxygens (including phenoxy) is 1. The molecule has 3 aromatic rings. The van der Waals surface area contributed by atoms with E-state index in [4.69, 9.17) is 4.74 Å². The number of anilines is 2. The SMILES string of the molecule is CCOc1ccc(N2C(=O)C(Nc3ccc(C(C)C)cc3)=C(c3ccc(C)c(C)c3)C2=O)cc1. The van der Waals surface area contributed by atoms with E-state index in [1.807, 2.05) is 63.2 Å². The smallest absolute Gasteiger partial charge is 0.282 e. The fraction of sp³-hybridized carbons (Fsp3) is 0.241. The van der Waals surface area contributed by atoms with Crippen LogP contribution in [-0.4, -0.2) is 18.4 Å². The van der Waals surface area contributed by atoms with Crippen LogP contribution in [0.4, 0.5) is 11.4 Å². The predicted molar refractivity (Wildman–Crippen MR) is 137 cm³/mol. The van der Waals surface area contributed by atoms with Crippen LogP contribution >= 0.6 is 0 Å². The van der Waals surface area contributed by atoms with Gasteiger partial charge in [-0.15, -0.1) is 0 Å². The van der Waals surface area contributed by atoms with Gasteiger partial charge in [0, 0.05) is 5.69 Å². The van der Waals surface area contributed by atoms with Crippen molar-refractivity contribution in [1.82, 2.24) is 0 Å². The number of aryl methyl sites for hydroxylation is 2. The van der Waals surface area contributed by atoms with Crippen LogP contribution in [0.3, 0.4) is 0 Å². The third-order valence-corrected chi connectivity index (χ3v) is 6.13. The summed E-state index contributed by atoms with van der Waals surface area (Å²) in [4.78, 5) is 28.5. The summed E-state index contributed by atoms with van der Waals surface area (Å²) in [7, 11) is 0. The molecule has 0 saturated carbocycles. The number of nitrogens with one attached hydrogen (secondary N) is 1. The number of hydrogen-bond acceptors (Lipinski definition) is 4. The molecule has 2 amide bonds. The number of imide groups is 1. The van der Waals surface area contributed by atoms with E-state index >= 15 is 0 Å². The van der Waals surface area contributed by atoms with Crippen molar-refractivity contribution >= 4 is 28.8 Å². The second-order valence-corrected chi connectivity index (χ2v) is 8.82. The maximum atomic E-state index is 13.6. The van der Waals surface area contributed by atoms with E-state index in [1.165, 1.54) is 10.5 Å². The summed E-state index contributed by atoms with van der Waals surface area (Å²) in [5.74, 6) is 0.370. The molecule has 5 heteroatoms. The molecule has 4 rings (SSSR count). The number of benzene rings is 3. The molecule has 0 aromatic heterocycles. The first-order valence-electron chi connectivity index (χ1n) is 11.6. The molecule has 0 saturated heterocycles. The molecule has 0 unspecified atom stereocenters. The quantitative estimate of drug-likeness (QED) is 0.431. The first-order chi connectivity index (χ1) is 16.3. The van der Waals surface area contributed by atoms with Crippen LogP contribution in [0.25, 0.3) is 5.57 Å². The highest BCUT2D eigenvalue weighted by atomic mass is 16.5. The highest BCUT2D eigenvalue weighted by Crippen LogP contribution is 2.35. The van der Waals surface area contributed by atoms with Crippen molar-refractivity contribution < 1.29 is 14.3 Å². The molecule has 174 valence electrons. The van der Waals surface area contributed by atoms with Crippen molar-refractivity contribution in [2.75, 3.05) is 16.8 Å². The second kappa shape index (κ2) is 9.56. The molecule has 0 atom stereocenters. The molecule has 3 aromatic carbocycles. The van der Waals surface area contributed by atoms with Gasteiger partial charge in [0.1, 0.15) is 11.4 Å². The molecule has 1 heterocycles. The van der Waals surface area contributed by atoms with Gasteiger partial charge in [0.05, 0.1) is 17.9 Å². The zero-order valence-corrected chi connectivity index (χ0v) is 20.3. The minimum absolute atomic E-state index is 0.277. The van der Waals surface area contributed by atoms with E-state index in [9.17, 15) is 9.59 Å². The number of nitrogens with zero attached hydrogens (tertiary/aromatic N) is 1. The van der Waals surface area contributed by atoms with E-state index in [2.05, 4.69) is 19.2 Å². The van der Waals surface area contributed by atoms with Crippen LogP contribution in [0.5, 0.6) is 5.75 Å². The summed E-state index contributed by atoms with van der Waals surface area (Å²) in [6.07, 6.45) is 0. The Labute approximate surface area is 201 Å². The minimum Gasteiger partial charge on any atom is -0.494 e. The van der Waals surface area contributed by atoms with Crippen LogP contribution in [0.1, 0.15) is 48.9 Å². The summed E-state index contributed by atoms with van der Waals surface area (Å²) in [5.41, 5.74) is 6.03. The second-order valence-electron chi connectivity index (χ2n) is 8.82. The van der Waals surface area contributed by atoms with Crippen molar-refractivity contribution in [3.63, 3.8) is 0 Å². The van der Waals surface area contributed by atoms with Gasteiger partial charge in [-0.05, 0) is 85.3 Å². The van der Waals surface area contributed by atoms with Crippen LogP contribution in [0.15, 0.2) is 72.4 Å². The van der Waals surface area contributed by atoms with Crippen LogP contribution in [0, 0.1) is 13.8 Å². The summed E-state index contributed by atoms with van der Waals surface area (Å²) in [6, 6.07) is 20.8. The maximum Gasteiger partial charge on any atom is 0.282 e. The Bertz CT molecular complexity index is 1260. The third-order valence-electron chi connectivity index (χ3n) is 6.13. The van der Waals surface area contributed by atoms with Gasteiger partial charge in [0.15, 0.2) is 0 Å². The molecule has 34 heavy (non-hydrogen) atoms. The zero-order valence-electron chi connectivity index (χ0n) is 20.3. The van der Waals surface area contributed by atoms with E-state index in [1.54, 1.807) is 24.3 Å². The Balaban J connectivity index is 1.76. The Morgan fingerprint density at radius 1 is 0.853 bits per heavy atom. The van der Waals surface area contributed by atoms with Gasteiger partial charge in [0.2, 0.25) is 0 Å². The number of hydrogen-bond donors (Lipinski definition) is 1. The molecule has 1 aliphatic rings.